The number of alkyl halides is 2. The second-order valence-electron chi connectivity index (χ2n) is 2.26. The third-order valence-corrected chi connectivity index (χ3v) is 1.34. The fourth-order valence-corrected chi connectivity index (χ4v) is 0.827. The van der Waals surface area contributed by atoms with E-state index in [1.54, 1.807) is 0 Å². The molecule has 0 aliphatic rings. The smallest absolute Gasteiger partial charge is 0.387 e. The average Bonchev–Trinajstić information content (AvgIpc) is 2.09. The molecule has 0 fully saturated rings. The number of halogens is 4. The van der Waals surface area contributed by atoms with Gasteiger partial charge in [-0.1, -0.05) is 0 Å². The maximum Gasteiger partial charge on any atom is 0.387 e. The number of rotatable bonds is 2. The summed E-state index contributed by atoms with van der Waals surface area (Å²) in [5.41, 5.74) is -0.680. The summed E-state index contributed by atoms with van der Waals surface area (Å²) >= 11 is 0. The van der Waals surface area contributed by atoms with Crippen LogP contribution < -0.4 is 4.74 Å². The molecular formula is C8H3F4NO. The lowest BCUT2D eigenvalue weighted by Gasteiger charge is -2.06. The summed E-state index contributed by atoms with van der Waals surface area (Å²) in [6.07, 6.45) is 0. The highest BCUT2D eigenvalue weighted by molar-refractivity contribution is 5.39. The number of nitriles is 1. The van der Waals surface area contributed by atoms with E-state index >= 15 is 0 Å². The van der Waals surface area contributed by atoms with Crippen LogP contribution in [0.2, 0.25) is 0 Å². The zero-order valence-electron chi connectivity index (χ0n) is 6.60. The van der Waals surface area contributed by atoms with Crippen molar-refractivity contribution in [1.29, 1.82) is 5.26 Å². The van der Waals surface area contributed by atoms with Crippen LogP contribution >= 0.6 is 0 Å². The van der Waals surface area contributed by atoms with Crippen LogP contribution in [0.15, 0.2) is 12.1 Å². The van der Waals surface area contributed by atoms with Crippen molar-refractivity contribution in [3.8, 4) is 11.8 Å². The second kappa shape index (κ2) is 3.96. The highest BCUT2D eigenvalue weighted by Gasteiger charge is 2.15. The van der Waals surface area contributed by atoms with Crippen LogP contribution in [0.4, 0.5) is 17.6 Å². The third-order valence-electron chi connectivity index (χ3n) is 1.34. The van der Waals surface area contributed by atoms with Gasteiger partial charge in [-0.2, -0.15) is 14.0 Å². The van der Waals surface area contributed by atoms with Gasteiger partial charge >= 0.3 is 6.61 Å². The topological polar surface area (TPSA) is 33.0 Å². The molecule has 0 radical (unpaired) electrons. The van der Waals surface area contributed by atoms with E-state index in [1.165, 1.54) is 6.07 Å². The van der Waals surface area contributed by atoms with Crippen LogP contribution in [-0.2, 0) is 0 Å². The van der Waals surface area contributed by atoms with Crippen LogP contribution in [0.5, 0.6) is 5.75 Å². The summed E-state index contributed by atoms with van der Waals surface area (Å²) in [6.45, 7) is -3.27. The molecule has 14 heavy (non-hydrogen) atoms. The van der Waals surface area contributed by atoms with Gasteiger partial charge in [-0.3, -0.25) is 0 Å². The van der Waals surface area contributed by atoms with Gasteiger partial charge < -0.3 is 4.74 Å². The molecule has 0 bridgehead atoms. The van der Waals surface area contributed by atoms with E-state index < -0.39 is 29.6 Å². The third kappa shape index (κ3) is 2.13. The van der Waals surface area contributed by atoms with E-state index in [-0.39, 0.29) is 0 Å². The van der Waals surface area contributed by atoms with Crippen molar-refractivity contribution in [2.24, 2.45) is 0 Å². The number of hydrogen-bond donors (Lipinski definition) is 0. The fourth-order valence-electron chi connectivity index (χ4n) is 0.827. The first-order valence-corrected chi connectivity index (χ1v) is 3.38. The molecule has 0 saturated heterocycles. The molecule has 74 valence electrons. The maximum atomic E-state index is 13.0. The van der Waals surface area contributed by atoms with Gasteiger partial charge in [0.15, 0.2) is 11.6 Å². The Hall–Kier alpha value is -1.77. The van der Waals surface area contributed by atoms with Gasteiger partial charge in [0, 0.05) is 6.07 Å². The molecule has 0 aliphatic heterocycles. The molecule has 0 spiro atoms. The van der Waals surface area contributed by atoms with Crippen molar-refractivity contribution in [2.45, 2.75) is 6.61 Å². The van der Waals surface area contributed by atoms with Crippen LogP contribution in [0.1, 0.15) is 5.56 Å². The quantitative estimate of drug-likeness (QED) is 0.694. The largest absolute Gasteiger partial charge is 0.432 e. The molecule has 0 N–H and O–H groups in total. The standard InChI is InChI=1S/C8H3F4NO/c9-5-1-4(3-13)7(10)6(2-5)14-8(11)12/h1-2,8H. The highest BCUT2D eigenvalue weighted by atomic mass is 19.3. The average molecular weight is 205 g/mol. The molecule has 1 aromatic carbocycles. The molecule has 0 saturated carbocycles. The highest BCUT2D eigenvalue weighted by Crippen LogP contribution is 2.23. The minimum absolute atomic E-state index is 0.447. The summed E-state index contributed by atoms with van der Waals surface area (Å²) in [4.78, 5) is 0. The van der Waals surface area contributed by atoms with E-state index in [0.717, 1.165) is 0 Å². The van der Waals surface area contributed by atoms with Gasteiger partial charge in [-0.05, 0) is 6.07 Å². The maximum absolute atomic E-state index is 13.0. The van der Waals surface area contributed by atoms with Gasteiger partial charge in [-0.15, -0.1) is 0 Å². The molecule has 0 aromatic heterocycles. The first-order valence-electron chi connectivity index (χ1n) is 3.38. The van der Waals surface area contributed by atoms with Gasteiger partial charge in [0.1, 0.15) is 11.9 Å². The molecule has 0 atom stereocenters. The first-order chi connectivity index (χ1) is 6.54. The number of nitrogens with zero attached hydrogens (tertiary/aromatic N) is 1. The van der Waals surface area contributed by atoms with Crippen LogP contribution in [0, 0.1) is 23.0 Å². The predicted octanol–water partition coefficient (Wildman–Crippen LogP) is 2.44. The Bertz CT molecular complexity index is 386. The Morgan fingerprint density at radius 1 is 1.29 bits per heavy atom. The Morgan fingerprint density at radius 3 is 2.43 bits per heavy atom. The van der Waals surface area contributed by atoms with Crippen molar-refractivity contribution < 1.29 is 22.3 Å². The lowest BCUT2D eigenvalue weighted by molar-refractivity contribution is -0.0523. The van der Waals surface area contributed by atoms with Gasteiger partial charge in [0.25, 0.3) is 0 Å². The molecule has 1 rings (SSSR count). The summed E-state index contributed by atoms with van der Waals surface area (Å²) < 4.78 is 52.6. The summed E-state index contributed by atoms with van der Waals surface area (Å²) in [5, 5.41) is 8.30. The second-order valence-corrected chi connectivity index (χ2v) is 2.26. The summed E-state index contributed by atoms with van der Waals surface area (Å²) in [6, 6.07) is 2.35. The molecule has 0 heterocycles. The van der Waals surface area contributed by atoms with E-state index in [4.69, 9.17) is 5.26 Å². The van der Waals surface area contributed by atoms with Gasteiger partial charge in [-0.25, -0.2) is 8.78 Å². The van der Waals surface area contributed by atoms with Crippen molar-refractivity contribution in [3.63, 3.8) is 0 Å². The molecule has 0 amide bonds. The van der Waals surface area contributed by atoms with Crippen LogP contribution in [0.25, 0.3) is 0 Å². The number of ether oxygens (including phenoxy) is 1. The Morgan fingerprint density at radius 2 is 1.93 bits per heavy atom. The Labute approximate surface area is 76.3 Å². The minimum Gasteiger partial charge on any atom is -0.432 e. The molecule has 0 aliphatic carbocycles. The number of benzene rings is 1. The van der Waals surface area contributed by atoms with Crippen molar-refractivity contribution >= 4 is 0 Å². The van der Waals surface area contributed by atoms with E-state index in [0.29, 0.717) is 12.1 Å². The zero-order valence-corrected chi connectivity index (χ0v) is 6.60. The Kier molecular flexibility index (Phi) is 2.92. The van der Waals surface area contributed by atoms with Crippen molar-refractivity contribution in [2.75, 3.05) is 0 Å². The van der Waals surface area contributed by atoms with Gasteiger partial charge in [0.05, 0.1) is 5.56 Å². The van der Waals surface area contributed by atoms with Crippen molar-refractivity contribution in [1.82, 2.24) is 0 Å². The van der Waals surface area contributed by atoms with E-state index in [2.05, 4.69) is 4.74 Å². The lowest BCUT2D eigenvalue weighted by atomic mass is 10.2. The van der Waals surface area contributed by atoms with Crippen LogP contribution in [-0.4, -0.2) is 6.61 Å². The SMILES string of the molecule is N#Cc1cc(F)cc(OC(F)F)c1F. The zero-order chi connectivity index (χ0) is 10.7. The predicted molar refractivity (Wildman–Crippen MR) is 37.7 cm³/mol. The lowest BCUT2D eigenvalue weighted by Crippen LogP contribution is -2.05. The van der Waals surface area contributed by atoms with E-state index in [1.807, 2.05) is 0 Å². The first kappa shape index (κ1) is 10.3. The van der Waals surface area contributed by atoms with Crippen LogP contribution in [0.3, 0.4) is 0 Å². The fraction of sp³-hybridized carbons (Fsp3) is 0.125. The molecule has 1 aromatic rings. The molecule has 2 nitrogen and oxygen atoms in total. The Balaban J connectivity index is 3.17. The summed E-state index contributed by atoms with van der Waals surface area (Å²) in [5.74, 6) is -3.29. The van der Waals surface area contributed by atoms with Gasteiger partial charge in [0.2, 0.25) is 0 Å². The minimum atomic E-state index is -3.27. The normalized spacial score (nSPS) is 10.0. The van der Waals surface area contributed by atoms with E-state index in [9.17, 15) is 17.6 Å². The summed E-state index contributed by atoms with van der Waals surface area (Å²) in [7, 11) is 0. The number of hydrogen-bond acceptors (Lipinski definition) is 2. The monoisotopic (exact) mass is 205 g/mol. The molecule has 6 heteroatoms. The molecule has 0 unspecified atom stereocenters. The van der Waals surface area contributed by atoms with Crippen molar-refractivity contribution in [3.05, 3.63) is 29.3 Å². The molecular weight excluding hydrogens is 202 g/mol.